The summed E-state index contributed by atoms with van der Waals surface area (Å²) in [6.45, 7) is 9.50. The SMILES string of the molecule is CCCCCCC[P+](CC)(CCCCC)CCCCC. The Labute approximate surface area is 130 Å². The minimum atomic E-state index is -0.585. The second-order valence-corrected chi connectivity index (χ2v) is 11.3. The van der Waals surface area contributed by atoms with E-state index in [1.54, 1.807) is 18.5 Å². The van der Waals surface area contributed by atoms with E-state index >= 15 is 0 Å². The van der Waals surface area contributed by atoms with Gasteiger partial charge < -0.3 is 0 Å². The second-order valence-electron chi connectivity index (χ2n) is 6.66. The molecular formula is C19H42P+. The normalized spacial score (nSPS) is 12.0. The molecule has 20 heavy (non-hydrogen) atoms. The Hall–Kier alpha value is 0.430. The fourth-order valence-electron chi connectivity index (χ4n) is 3.25. The van der Waals surface area contributed by atoms with Crippen molar-refractivity contribution in [2.45, 2.75) is 98.3 Å². The van der Waals surface area contributed by atoms with Crippen molar-refractivity contribution in [1.29, 1.82) is 0 Å². The fraction of sp³-hybridized carbons (Fsp3) is 1.00. The second kappa shape index (κ2) is 14.4. The molecule has 0 heterocycles. The van der Waals surface area contributed by atoms with Crippen LogP contribution in [-0.4, -0.2) is 24.6 Å². The molecule has 0 aromatic rings. The van der Waals surface area contributed by atoms with Gasteiger partial charge in [0.25, 0.3) is 0 Å². The predicted octanol–water partition coefficient (Wildman–Crippen LogP) is 7.37. The van der Waals surface area contributed by atoms with Gasteiger partial charge in [0.1, 0.15) is 0 Å². The smallest absolute Gasteiger partial charge is 0.0594 e. The van der Waals surface area contributed by atoms with Gasteiger partial charge in [-0.15, -0.1) is 0 Å². The highest BCUT2D eigenvalue weighted by atomic mass is 31.2. The molecule has 1 heteroatoms. The third-order valence-corrected chi connectivity index (χ3v) is 10.0. The largest absolute Gasteiger partial charge is 0.0654 e. The molecule has 0 aliphatic carbocycles. The molecule has 0 fully saturated rings. The third kappa shape index (κ3) is 10.2. The molecule has 0 rings (SSSR count). The number of rotatable bonds is 15. The molecule has 0 bridgehead atoms. The Morgan fingerprint density at radius 3 is 1.20 bits per heavy atom. The molecule has 0 aromatic carbocycles. The number of hydrogen-bond acceptors (Lipinski definition) is 0. The molecular weight excluding hydrogens is 259 g/mol. The standard InChI is InChI=1S/C19H42P/c1-5-9-12-13-16-19-20(8-4,17-14-10-6-2)18-15-11-7-3/h5-19H2,1-4H3/q+1. The molecule has 0 saturated carbocycles. The summed E-state index contributed by atoms with van der Waals surface area (Å²) in [6.07, 6.45) is 22.4. The highest BCUT2D eigenvalue weighted by molar-refractivity contribution is 7.75. The van der Waals surface area contributed by atoms with E-state index in [1.165, 1.54) is 76.8 Å². The maximum atomic E-state index is 2.50. The number of hydrogen-bond donors (Lipinski definition) is 0. The lowest BCUT2D eigenvalue weighted by Gasteiger charge is -2.27. The first kappa shape index (κ1) is 20.4. The zero-order chi connectivity index (χ0) is 15.1. The molecule has 0 atom stereocenters. The van der Waals surface area contributed by atoms with Crippen molar-refractivity contribution < 1.29 is 0 Å². The lowest BCUT2D eigenvalue weighted by Crippen LogP contribution is -2.11. The maximum Gasteiger partial charge on any atom is 0.0594 e. The van der Waals surface area contributed by atoms with Gasteiger partial charge >= 0.3 is 0 Å². The zero-order valence-corrected chi connectivity index (χ0v) is 15.9. The molecule has 0 nitrogen and oxygen atoms in total. The lowest BCUT2D eigenvalue weighted by atomic mass is 10.2. The summed E-state index contributed by atoms with van der Waals surface area (Å²) < 4.78 is 0. The zero-order valence-electron chi connectivity index (χ0n) is 15.1. The minimum absolute atomic E-state index is 0.585. The molecule has 0 saturated heterocycles. The summed E-state index contributed by atoms with van der Waals surface area (Å²) in [4.78, 5) is 0. The van der Waals surface area contributed by atoms with Gasteiger partial charge in [-0.2, -0.15) is 0 Å². The van der Waals surface area contributed by atoms with Gasteiger partial charge in [-0.3, -0.25) is 0 Å². The highest BCUT2D eigenvalue weighted by Gasteiger charge is 2.33. The van der Waals surface area contributed by atoms with E-state index in [2.05, 4.69) is 27.7 Å². The molecule has 0 spiro atoms. The summed E-state index contributed by atoms with van der Waals surface area (Å²) in [5.41, 5.74) is 0. The Kier molecular flexibility index (Phi) is 14.7. The van der Waals surface area contributed by atoms with E-state index in [1.807, 2.05) is 0 Å². The topological polar surface area (TPSA) is 0 Å². The van der Waals surface area contributed by atoms with Gasteiger partial charge in [-0.1, -0.05) is 65.7 Å². The van der Waals surface area contributed by atoms with Crippen LogP contribution in [0.1, 0.15) is 98.3 Å². The van der Waals surface area contributed by atoms with Gasteiger partial charge in [0.2, 0.25) is 0 Å². The molecule has 0 aliphatic rings. The van der Waals surface area contributed by atoms with Crippen LogP contribution in [0.15, 0.2) is 0 Å². The van der Waals surface area contributed by atoms with Crippen LogP contribution in [0.4, 0.5) is 0 Å². The van der Waals surface area contributed by atoms with Crippen molar-refractivity contribution in [3.05, 3.63) is 0 Å². The van der Waals surface area contributed by atoms with Gasteiger partial charge in [-0.05, 0) is 32.6 Å². The van der Waals surface area contributed by atoms with Gasteiger partial charge in [0.15, 0.2) is 0 Å². The molecule has 122 valence electrons. The van der Waals surface area contributed by atoms with E-state index in [0.29, 0.717) is 0 Å². The van der Waals surface area contributed by atoms with Gasteiger partial charge in [0, 0.05) is 7.26 Å². The predicted molar refractivity (Wildman–Crippen MR) is 99.9 cm³/mol. The Balaban J connectivity index is 4.17. The van der Waals surface area contributed by atoms with Crippen LogP contribution in [0, 0.1) is 0 Å². The van der Waals surface area contributed by atoms with Crippen LogP contribution in [0.3, 0.4) is 0 Å². The monoisotopic (exact) mass is 301 g/mol. The van der Waals surface area contributed by atoms with Gasteiger partial charge in [0.05, 0.1) is 24.6 Å². The van der Waals surface area contributed by atoms with E-state index in [9.17, 15) is 0 Å². The van der Waals surface area contributed by atoms with Crippen LogP contribution in [0.25, 0.3) is 0 Å². The molecule has 0 aliphatic heterocycles. The van der Waals surface area contributed by atoms with E-state index in [4.69, 9.17) is 0 Å². The molecule has 0 N–H and O–H groups in total. The van der Waals surface area contributed by atoms with Crippen LogP contribution >= 0.6 is 7.26 Å². The quantitative estimate of drug-likeness (QED) is 0.219. The number of unbranched alkanes of at least 4 members (excludes halogenated alkanes) is 8. The first-order valence-corrected chi connectivity index (χ1v) is 12.1. The fourth-order valence-corrected chi connectivity index (χ4v) is 7.56. The highest BCUT2D eigenvalue weighted by Crippen LogP contribution is 2.60. The van der Waals surface area contributed by atoms with Crippen LogP contribution in [0.5, 0.6) is 0 Å². The van der Waals surface area contributed by atoms with Crippen LogP contribution < -0.4 is 0 Å². The first-order chi connectivity index (χ1) is 9.74. The average molecular weight is 302 g/mol. The Bertz CT molecular complexity index is 178. The van der Waals surface area contributed by atoms with Crippen LogP contribution in [0.2, 0.25) is 0 Å². The van der Waals surface area contributed by atoms with Crippen molar-refractivity contribution in [3.63, 3.8) is 0 Å². The summed E-state index contributed by atoms with van der Waals surface area (Å²) in [5.74, 6) is 0. The third-order valence-electron chi connectivity index (χ3n) is 4.88. The molecule has 0 unspecified atom stereocenters. The molecule has 0 aromatic heterocycles. The van der Waals surface area contributed by atoms with Crippen molar-refractivity contribution in [1.82, 2.24) is 0 Å². The summed E-state index contributed by atoms with van der Waals surface area (Å²) in [5, 5.41) is 0. The summed E-state index contributed by atoms with van der Waals surface area (Å²) in [6, 6.07) is 0. The van der Waals surface area contributed by atoms with Crippen LogP contribution in [-0.2, 0) is 0 Å². The first-order valence-electron chi connectivity index (χ1n) is 9.59. The lowest BCUT2D eigenvalue weighted by molar-refractivity contribution is 0.655. The summed E-state index contributed by atoms with van der Waals surface area (Å²) >= 11 is 0. The van der Waals surface area contributed by atoms with E-state index < -0.39 is 7.26 Å². The van der Waals surface area contributed by atoms with Crippen molar-refractivity contribution in [2.75, 3.05) is 24.6 Å². The average Bonchev–Trinajstić information content (AvgIpc) is 2.47. The molecule has 0 amide bonds. The Morgan fingerprint density at radius 2 is 0.800 bits per heavy atom. The molecule has 0 radical (unpaired) electrons. The minimum Gasteiger partial charge on any atom is -0.0654 e. The van der Waals surface area contributed by atoms with Crippen molar-refractivity contribution >= 4 is 7.26 Å². The summed E-state index contributed by atoms with van der Waals surface area (Å²) in [7, 11) is -0.585. The Morgan fingerprint density at radius 1 is 0.450 bits per heavy atom. The van der Waals surface area contributed by atoms with E-state index in [0.717, 1.165) is 0 Å². The van der Waals surface area contributed by atoms with Crippen molar-refractivity contribution in [2.24, 2.45) is 0 Å². The van der Waals surface area contributed by atoms with Gasteiger partial charge in [-0.25, -0.2) is 0 Å². The maximum absolute atomic E-state index is 2.50. The van der Waals surface area contributed by atoms with E-state index in [-0.39, 0.29) is 0 Å². The van der Waals surface area contributed by atoms with Crippen molar-refractivity contribution in [3.8, 4) is 0 Å².